The van der Waals surface area contributed by atoms with Crippen LogP contribution in [0.4, 0.5) is 4.79 Å². The van der Waals surface area contributed by atoms with Gasteiger partial charge in [0.1, 0.15) is 6.61 Å². The molecule has 1 N–H and O–H groups in total. The van der Waals surface area contributed by atoms with Gasteiger partial charge >= 0.3 is 6.09 Å². The van der Waals surface area contributed by atoms with Gasteiger partial charge in [-0.3, -0.25) is 4.98 Å². The topological polar surface area (TPSA) is 51.2 Å². The number of hydrogen-bond acceptors (Lipinski definition) is 3. The van der Waals surface area contributed by atoms with Gasteiger partial charge in [0.05, 0.1) is 0 Å². The van der Waals surface area contributed by atoms with Crippen LogP contribution in [0.2, 0.25) is 0 Å². The summed E-state index contributed by atoms with van der Waals surface area (Å²) in [5.41, 5.74) is 2.03. The molecule has 0 saturated carbocycles. The molecule has 0 unspecified atom stereocenters. The van der Waals surface area contributed by atoms with Crippen molar-refractivity contribution >= 4 is 38.0 Å². The first-order valence-electron chi connectivity index (χ1n) is 6.39. The third kappa shape index (κ3) is 5.13. The van der Waals surface area contributed by atoms with Crippen molar-refractivity contribution in [1.29, 1.82) is 0 Å². The first kappa shape index (κ1) is 16.0. The average Bonchev–Trinajstić information content (AvgIpc) is 2.49. The maximum absolute atomic E-state index is 11.6. The van der Waals surface area contributed by atoms with Crippen molar-refractivity contribution in [3.05, 3.63) is 62.8 Å². The molecule has 1 aromatic carbocycles. The quantitative estimate of drug-likeness (QED) is 0.803. The van der Waals surface area contributed by atoms with Gasteiger partial charge in [0.2, 0.25) is 0 Å². The number of nitrogens with zero attached hydrogens (tertiary/aromatic N) is 1. The summed E-state index contributed by atoms with van der Waals surface area (Å²) in [6.07, 6.45) is 3.73. The van der Waals surface area contributed by atoms with Crippen molar-refractivity contribution in [1.82, 2.24) is 10.3 Å². The Labute approximate surface area is 140 Å². The molecule has 110 valence electrons. The molecule has 0 saturated heterocycles. The fourth-order valence-electron chi connectivity index (χ4n) is 1.74. The van der Waals surface area contributed by atoms with Crippen LogP contribution in [0.25, 0.3) is 0 Å². The second-order valence-electron chi connectivity index (χ2n) is 4.32. The molecule has 0 bridgehead atoms. The summed E-state index contributed by atoms with van der Waals surface area (Å²) in [5, 5.41) is 2.73. The van der Waals surface area contributed by atoms with Gasteiger partial charge in [-0.15, -0.1) is 0 Å². The number of nitrogens with one attached hydrogen (secondary N) is 1. The first-order valence-corrected chi connectivity index (χ1v) is 7.98. The van der Waals surface area contributed by atoms with Gasteiger partial charge in [0.15, 0.2) is 0 Å². The van der Waals surface area contributed by atoms with E-state index in [-0.39, 0.29) is 6.61 Å². The van der Waals surface area contributed by atoms with E-state index in [0.717, 1.165) is 20.1 Å². The van der Waals surface area contributed by atoms with Gasteiger partial charge in [-0.05, 0) is 49.4 Å². The lowest BCUT2D eigenvalue weighted by atomic mass is 10.2. The van der Waals surface area contributed by atoms with Crippen LogP contribution >= 0.6 is 31.9 Å². The van der Waals surface area contributed by atoms with Crippen LogP contribution in [0, 0.1) is 0 Å². The van der Waals surface area contributed by atoms with Crippen LogP contribution in [-0.4, -0.2) is 17.6 Å². The predicted molar refractivity (Wildman–Crippen MR) is 88.0 cm³/mol. The SMILES string of the molecule is O=C(NCCc1c(Br)cncc1Br)OCc1ccccc1. The highest BCUT2D eigenvalue weighted by atomic mass is 79.9. The van der Waals surface area contributed by atoms with Gasteiger partial charge in [0.25, 0.3) is 0 Å². The lowest BCUT2D eigenvalue weighted by Gasteiger charge is -2.09. The van der Waals surface area contributed by atoms with E-state index in [1.165, 1.54) is 0 Å². The van der Waals surface area contributed by atoms with Crippen LogP contribution in [0.5, 0.6) is 0 Å². The van der Waals surface area contributed by atoms with E-state index in [0.29, 0.717) is 13.0 Å². The number of hydrogen-bond donors (Lipinski definition) is 1. The molecule has 0 spiro atoms. The molecule has 2 rings (SSSR count). The Bertz CT molecular complexity index is 586. The summed E-state index contributed by atoms with van der Waals surface area (Å²) in [7, 11) is 0. The molecule has 6 heteroatoms. The van der Waals surface area contributed by atoms with Crippen molar-refractivity contribution in [3.8, 4) is 0 Å². The molecule has 0 aliphatic heterocycles. The molecule has 0 aliphatic carbocycles. The zero-order valence-corrected chi connectivity index (χ0v) is 14.4. The van der Waals surface area contributed by atoms with Crippen molar-refractivity contribution in [2.24, 2.45) is 0 Å². The molecular weight excluding hydrogens is 400 g/mol. The Kier molecular flexibility index (Phi) is 6.20. The van der Waals surface area contributed by atoms with Crippen LogP contribution in [0.3, 0.4) is 0 Å². The molecular formula is C15H14Br2N2O2. The van der Waals surface area contributed by atoms with E-state index in [2.05, 4.69) is 42.2 Å². The molecule has 0 aliphatic rings. The molecule has 0 atom stereocenters. The highest BCUT2D eigenvalue weighted by Gasteiger charge is 2.07. The maximum atomic E-state index is 11.6. The van der Waals surface area contributed by atoms with Crippen molar-refractivity contribution in [2.45, 2.75) is 13.0 Å². The Hall–Kier alpha value is -1.40. The number of benzene rings is 1. The summed E-state index contributed by atoms with van der Waals surface area (Å²) in [6, 6.07) is 9.58. The average molecular weight is 414 g/mol. The van der Waals surface area contributed by atoms with Gasteiger partial charge in [-0.25, -0.2) is 4.79 Å². The summed E-state index contributed by atoms with van der Waals surface area (Å²) in [4.78, 5) is 15.7. The number of carbonyl (C=O) groups is 1. The lowest BCUT2D eigenvalue weighted by Crippen LogP contribution is -2.26. The minimum absolute atomic E-state index is 0.273. The highest BCUT2D eigenvalue weighted by Crippen LogP contribution is 2.23. The monoisotopic (exact) mass is 412 g/mol. The second kappa shape index (κ2) is 8.14. The first-order chi connectivity index (χ1) is 10.2. The van der Waals surface area contributed by atoms with E-state index < -0.39 is 6.09 Å². The largest absolute Gasteiger partial charge is 0.445 e. The molecule has 0 radical (unpaired) electrons. The van der Waals surface area contributed by atoms with E-state index >= 15 is 0 Å². The lowest BCUT2D eigenvalue weighted by molar-refractivity contribution is 0.140. The molecule has 4 nitrogen and oxygen atoms in total. The molecule has 1 heterocycles. The third-order valence-corrected chi connectivity index (χ3v) is 4.18. The highest BCUT2D eigenvalue weighted by molar-refractivity contribution is 9.11. The zero-order valence-electron chi connectivity index (χ0n) is 11.2. The number of carbonyl (C=O) groups excluding carboxylic acids is 1. The number of ether oxygens (including phenoxy) is 1. The molecule has 1 aromatic heterocycles. The van der Waals surface area contributed by atoms with Crippen LogP contribution in [0.1, 0.15) is 11.1 Å². The summed E-state index contributed by atoms with van der Waals surface area (Å²) in [5.74, 6) is 0. The summed E-state index contributed by atoms with van der Waals surface area (Å²) >= 11 is 6.88. The minimum Gasteiger partial charge on any atom is -0.445 e. The fourth-order valence-corrected chi connectivity index (χ4v) is 3.07. The smallest absolute Gasteiger partial charge is 0.407 e. The van der Waals surface area contributed by atoms with Gasteiger partial charge in [-0.1, -0.05) is 30.3 Å². The van der Waals surface area contributed by atoms with Crippen LogP contribution < -0.4 is 5.32 Å². The van der Waals surface area contributed by atoms with Crippen molar-refractivity contribution in [3.63, 3.8) is 0 Å². The number of amides is 1. The number of rotatable bonds is 5. The number of halogens is 2. The second-order valence-corrected chi connectivity index (χ2v) is 6.03. The standard InChI is InChI=1S/C15H14Br2N2O2/c16-13-8-18-9-14(17)12(13)6-7-19-15(20)21-10-11-4-2-1-3-5-11/h1-5,8-9H,6-7,10H2,(H,19,20). The summed E-state index contributed by atoms with van der Waals surface area (Å²) < 4.78 is 6.97. The Balaban J connectivity index is 1.75. The minimum atomic E-state index is -0.417. The predicted octanol–water partition coefficient (Wildman–Crippen LogP) is 4.08. The van der Waals surface area contributed by atoms with Gasteiger partial charge < -0.3 is 10.1 Å². The Morgan fingerprint density at radius 1 is 1.14 bits per heavy atom. The number of alkyl carbamates (subject to hydrolysis) is 1. The number of pyridine rings is 1. The van der Waals surface area contributed by atoms with E-state index in [1.807, 2.05) is 30.3 Å². The number of aromatic nitrogens is 1. The van der Waals surface area contributed by atoms with E-state index in [1.54, 1.807) is 12.4 Å². The molecule has 21 heavy (non-hydrogen) atoms. The normalized spacial score (nSPS) is 10.2. The molecule has 2 aromatic rings. The molecule has 0 fully saturated rings. The Morgan fingerprint density at radius 3 is 2.48 bits per heavy atom. The van der Waals surface area contributed by atoms with Gasteiger partial charge in [-0.2, -0.15) is 0 Å². The van der Waals surface area contributed by atoms with Crippen LogP contribution in [-0.2, 0) is 17.8 Å². The Morgan fingerprint density at radius 2 is 1.81 bits per heavy atom. The molecule has 1 amide bonds. The van der Waals surface area contributed by atoms with E-state index in [4.69, 9.17) is 4.74 Å². The van der Waals surface area contributed by atoms with Crippen LogP contribution in [0.15, 0.2) is 51.7 Å². The van der Waals surface area contributed by atoms with Crippen molar-refractivity contribution < 1.29 is 9.53 Å². The van der Waals surface area contributed by atoms with Crippen molar-refractivity contribution in [2.75, 3.05) is 6.54 Å². The maximum Gasteiger partial charge on any atom is 0.407 e. The van der Waals surface area contributed by atoms with Gasteiger partial charge in [0, 0.05) is 27.9 Å². The van der Waals surface area contributed by atoms with E-state index in [9.17, 15) is 4.79 Å². The summed E-state index contributed by atoms with van der Waals surface area (Å²) in [6.45, 7) is 0.768. The zero-order chi connectivity index (χ0) is 15.1. The third-order valence-electron chi connectivity index (χ3n) is 2.81. The fraction of sp³-hybridized carbons (Fsp3) is 0.200.